The van der Waals surface area contributed by atoms with Gasteiger partial charge in [-0.25, -0.2) is 0 Å². The molecule has 0 spiro atoms. The van der Waals surface area contributed by atoms with Crippen LogP contribution in [0.1, 0.15) is 37.8 Å². The van der Waals surface area contributed by atoms with Crippen LogP contribution in [-0.4, -0.2) is 60.5 Å². The minimum Gasteiger partial charge on any atom is -0.367 e. The number of allylic oxidation sites excluding steroid dienone is 1. The molecule has 1 aliphatic heterocycles. The Hall–Kier alpha value is -3.08. The molecule has 1 aliphatic rings. The van der Waals surface area contributed by atoms with Crippen LogP contribution in [-0.2, 0) is 27.2 Å². The predicted molar refractivity (Wildman–Crippen MR) is 157 cm³/mol. The lowest BCUT2D eigenvalue weighted by Crippen LogP contribution is -2.39. The second kappa shape index (κ2) is 20.9. The normalized spacial score (nSPS) is 12.9. The van der Waals surface area contributed by atoms with Gasteiger partial charge in [-0.1, -0.05) is 0 Å². The van der Waals surface area contributed by atoms with Gasteiger partial charge in [0, 0.05) is 63.8 Å². The molecule has 3 rings (SSSR count). The van der Waals surface area contributed by atoms with Crippen molar-refractivity contribution in [3.63, 3.8) is 0 Å². The Balaban J connectivity index is 0. The molecule has 0 bridgehead atoms. The Kier molecular flexibility index (Phi) is 20.4. The Morgan fingerprint density at radius 3 is 2.16 bits per heavy atom. The van der Waals surface area contributed by atoms with Gasteiger partial charge in [0.05, 0.1) is 22.2 Å². The molecule has 1 saturated heterocycles. The molecule has 1 fully saturated rings. The van der Waals surface area contributed by atoms with Crippen molar-refractivity contribution in [2.45, 2.75) is 39.8 Å². The topological polar surface area (TPSA) is 175 Å². The number of nitrogens with zero attached hydrogens (tertiary/aromatic N) is 7. The van der Waals surface area contributed by atoms with Gasteiger partial charge in [0.2, 0.25) is 6.20 Å². The number of nitrogens with one attached hydrogen (secondary N) is 2. The van der Waals surface area contributed by atoms with E-state index in [2.05, 4.69) is 20.8 Å². The summed E-state index contributed by atoms with van der Waals surface area (Å²) in [4.78, 5) is 21.1. The van der Waals surface area contributed by atoms with E-state index in [1.54, 1.807) is 29.4 Å². The first-order chi connectivity index (χ1) is 17.1. The van der Waals surface area contributed by atoms with Crippen molar-refractivity contribution in [3.05, 3.63) is 79.9 Å². The van der Waals surface area contributed by atoms with E-state index in [4.69, 9.17) is 5.73 Å². The first-order valence-electron chi connectivity index (χ1n) is 11.6. The lowest BCUT2D eigenvalue weighted by molar-refractivity contribution is -0.405. The fourth-order valence-corrected chi connectivity index (χ4v) is 3.12. The van der Waals surface area contributed by atoms with Crippen LogP contribution in [0.15, 0.2) is 48.6 Å². The highest BCUT2D eigenvalue weighted by Gasteiger charge is 2.18. The molecule has 14 nitrogen and oxygen atoms in total. The minimum absolute atomic E-state index is 0. The van der Waals surface area contributed by atoms with E-state index in [9.17, 15) is 20.2 Å². The zero-order valence-electron chi connectivity index (χ0n) is 22.5. The fraction of sp³-hybridized carbons (Fsp3) is 0.545. The van der Waals surface area contributed by atoms with Crippen molar-refractivity contribution in [1.29, 1.82) is 0 Å². The average molecular weight is 575 g/mol. The van der Waals surface area contributed by atoms with Crippen LogP contribution in [0.25, 0.3) is 0 Å². The number of nitrogens with two attached hydrogens (primary N) is 1. The van der Waals surface area contributed by atoms with Gasteiger partial charge in [-0.05, 0) is 45.4 Å². The quantitative estimate of drug-likeness (QED) is 0.226. The van der Waals surface area contributed by atoms with E-state index in [1.807, 2.05) is 37.6 Å². The van der Waals surface area contributed by atoms with Gasteiger partial charge < -0.3 is 21.3 Å². The molecule has 216 valence electrons. The van der Waals surface area contributed by atoms with Crippen LogP contribution < -0.4 is 16.4 Å². The Bertz CT molecular complexity index is 1010. The molecule has 16 heteroatoms. The maximum atomic E-state index is 10.5. The number of aromatic nitrogens is 4. The van der Waals surface area contributed by atoms with Crippen molar-refractivity contribution in [2.24, 2.45) is 19.8 Å². The van der Waals surface area contributed by atoms with Gasteiger partial charge in [0.25, 0.3) is 6.20 Å². The molecule has 0 aliphatic carbocycles. The smallest absolute Gasteiger partial charge is 0.274 e. The third-order valence-electron chi connectivity index (χ3n) is 4.62. The largest absolute Gasteiger partial charge is 0.367 e. The number of hydrogen-bond acceptors (Lipinski definition) is 10. The highest BCUT2D eigenvalue weighted by molar-refractivity contribution is 7.59. The minimum atomic E-state index is -0.463. The molecular weight excluding hydrogens is 532 g/mol. The molecule has 0 atom stereocenters. The van der Waals surface area contributed by atoms with E-state index in [-0.39, 0.29) is 27.0 Å². The van der Waals surface area contributed by atoms with E-state index in [0.29, 0.717) is 17.9 Å². The lowest BCUT2D eigenvalue weighted by atomic mass is 10.2. The van der Waals surface area contributed by atoms with Crippen molar-refractivity contribution in [2.75, 3.05) is 26.2 Å². The second-order valence-corrected chi connectivity index (χ2v) is 8.36. The van der Waals surface area contributed by atoms with Gasteiger partial charge in [-0.15, -0.1) is 0 Å². The van der Waals surface area contributed by atoms with E-state index < -0.39 is 9.85 Å². The average Bonchev–Trinajstić information content (AvgIpc) is 3.40. The van der Waals surface area contributed by atoms with Crippen LogP contribution in [0.3, 0.4) is 0 Å². The van der Waals surface area contributed by atoms with E-state index >= 15 is 0 Å². The van der Waals surface area contributed by atoms with Gasteiger partial charge in [-0.2, -0.15) is 37.2 Å². The third-order valence-corrected chi connectivity index (χ3v) is 4.62. The highest BCUT2D eigenvalue weighted by atomic mass is 32.1. The van der Waals surface area contributed by atoms with Crippen LogP contribution in [0.4, 0.5) is 0 Å². The van der Waals surface area contributed by atoms with Crippen LogP contribution >= 0.6 is 27.0 Å². The molecule has 4 N–H and O–H groups in total. The summed E-state index contributed by atoms with van der Waals surface area (Å²) in [7, 11) is 3.77. The zero-order chi connectivity index (χ0) is 26.9. The van der Waals surface area contributed by atoms with Gasteiger partial charge >= 0.3 is 0 Å². The summed E-state index contributed by atoms with van der Waals surface area (Å²) in [6.07, 6.45) is 11.6. The summed E-state index contributed by atoms with van der Waals surface area (Å²) in [5, 5.41) is 34.5. The van der Waals surface area contributed by atoms with Gasteiger partial charge in [-0.3, -0.25) is 29.6 Å². The van der Waals surface area contributed by atoms with Gasteiger partial charge in [0.15, 0.2) is 5.82 Å². The summed E-state index contributed by atoms with van der Waals surface area (Å²) >= 11 is 0. The summed E-state index contributed by atoms with van der Waals surface area (Å²) < 4.78 is 3.53. The molecule has 0 saturated carbocycles. The number of nitro groups is 2. The van der Waals surface area contributed by atoms with Crippen LogP contribution in [0.5, 0.6) is 0 Å². The molecule has 2 aromatic rings. The summed E-state index contributed by atoms with van der Waals surface area (Å²) in [5.74, 6) is 0.574. The third kappa shape index (κ3) is 17.4. The Labute approximate surface area is 237 Å². The number of hydrogen-bond donors (Lipinski definition) is 3. The lowest BCUT2D eigenvalue weighted by Gasteiger charge is -2.30. The summed E-state index contributed by atoms with van der Waals surface area (Å²) in [5.41, 5.74) is 8.33. The monoisotopic (exact) mass is 574 g/mol. The number of aryl methyl sites for hydroxylation is 2. The molecule has 38 heavy (non-hydrogen) atoms. The molecular formula is C22H42N10O4S2. The molecule has 0 amide bonds. The van der Waals surface area contributed by atoms with E-state index in [1.165, 1.54) is 5.56 Å². The predicted octanol–water partition coefficient (Wildman–Crippen LogP) is 1.56. The molecule has 2 aromatic heterocycles. The maximum Gasteiger partial charge on any atom is 0.274 e. The van der Waals surface area contributed by atoms with Gasteiger partial charge in [0.1, 0.15) is 0 Å². The van der Waals surface area contributed by atoms with Crippen molar-refractivity contribution >= 4 is 27.0 Å². The molecule has 0 unspecified atom stereocenters. The van der Waals surface area contributed by atoms with Crippen LogP contribution in [0, 0.1) is 20.2 Å². The van der Waals surface area contributed by atoms with Crippen molar-refractivity contribution < 1.29 is 9.85 Å². The Morgan fingerprint density at radius 2 is 1.71 bits per heavy atom. The first-order valence-corrected chi connectivity index (χ1v) is 11.6. The van der Waals surface area contributed by atoms with Crippen molar-refractivity contribution in [3.8, 4) is 0 Å². The summed E-state index contributed by atoms with van der Waals surface area (Å²) in [6.45, 7) is 8.22. The molecule has 3 heterocycles. The standard InChI is InChI=1S/C10H15N5O2.C8H16N4.C4H7NO2.2H2S/c1-13-6-9(5-12-13)7-14-4-2-3-11-10(14)8-15(16)17;1-12-7-8(6-11-12)5-10-4-2-3-9;1-4(2)3-5(6)7;;/h5-6,8,11H,2-4,7H2,1H3;6-7,10H,2-5,9H2,1H3;3H,1-2H3;2*1H2/b10-8+;;;;. The first kappa shape index (κ1) is 37.1. The van der Waals surface area contributed by atoms with E-state index in [0.717, 1.165) is 63.5 Å². The zero-order valence-corrected chi connectivity index (χ0v) is 24.5. The highest BCUT2D eigenvalue weighted by Crippen LogP contribution is 2.12. The SMILES string of the molecule is CC(C)=C[N+](=O)[O-].Cn1cc(CN2CCCN/C2=C\[N+](=O)[O-])cn1.Cn1cc(CNCCCN)cn1.S.S. The number of rotatable bonds is 9. The summed E-state index contributed by atoms with van der Waals surface area (Å²) in [6, 6.07) is 0. The molecule has 0 aromatic carbocycles. The second-order valence-electron chi connectivity index (χ2n) is 8.36. The Morgan fingerprint density at radius 1 is 1.11 bits per heavy atom. The van der Waals surface area contributed by atoms with Crippen LogP contribution in [0.2, 0.25) is 0 Å². The fourth-order valence-electron chi connectivity index (χ4n) is 3.12. The maximum absolute atomic E-state index is 10.5. The van der Waals surface area contributed by atoms with Crippen molar-refractivity contribution in [1.82, 2.24) is 35.1 Å². The molecule has 0 radical (unpaired) electrons.